The summed E-state index contributed by atoms with van der Waals surface area (Å²) >= 11 is 0. The third kappa shape index (κ3) is 1.60. The van der Waals surface area contributed by atoms with Crippen LogP contribution in [0.2, 0.25) is 0 Å². The third-order valence-electron chi connectivity index (χ3n) is 4.39. The van der Waals surface area contributed by atoms with Crippen LogP contribution in [0.4, 0.5) is 0 Å². The molecule has 0 spiro atoms. The van der Waals surface area contributed by atoms with Crippen LogP contribution in [0.25, 0.3) is 10.8 Å². The molecule has 2 unspecified atom stereocenters. The van der Waals surface area contributed by atoms with E-state index in [2.05, 4.69) is 0 Å². The molecule has 0 radical (unpaired) electrons. The van der Waals surface area contributed by atoms with E-state index in [4.69, 9.17) is 14.2 Å². The summed E-state index contributed by atoms with van der Waals surface area (Å²) in [6.45, 7) is 3.92. The van der Waals surface area contributed by atoms with E-state index < -0.39 is 11.6 Å². The summed E-state index contributed by atoms with van der Waals surface area (Å²) in [5.74, 6) is -0.0756. The van der Waals surface area contributed by atoms with Gasteiger partial charge in [-0.25, -0.2) is 4.79 Å². The molecule has 0 aromatic heterocycles. The van der Waals surface area contributed by atoms with Gasteiger partial charge in [-0.15, -0.1) is 0 Å². The molecule has 0 bridgehead atoms. The molecule has 0 aliphatic carbocycles. The summed E-state index contributed by atoms with van der Waals surface area (Å²) in [5.41, 5.74) is 0.247. The van der Waals surface area contributed by atoms with E-state index in [-0.39, 0.29) is 23.5 Å². The zero-order valence-electron chi connectivity index (χ0n) is 12.5. The van der Waals surface area contributed by atoms with Gasteiger partial charge in [-0.2, -0.15) is 0 Å². The Labute approximate surface area is 127 Å². The van der Waals surface area contributed by atoms with Crippen LogP contribution < -0.4 is 4.74 Å². The number of phenolic OH excluding ortho intramolecular Hbond substituents is 1. The molecule has 2 aromatic carbocycles. The average molecular weight is 300 g/mol. The Morgan fingerprint density at radius 2 is 1.95 bits per heavy atom. The first kappa shape index (κ1) is 13.4. The number of methoxy groups -OCH3 is 1. The number of ether oxygens (including phenoxy) is 3. The summed E-state index contributed by atoms with van der Waals surface area (Å²) < 4.78 is 16.7. The number of benzene rings is 2. The Balaban J connectivity index is 2.11. The molecule has 2 aliphatic heterocycles. The van der Waals surface area contributed by atoms with Crippen molar-refractivity contribution in [1.82, 2.24) is 0 Å². The fourth-order valence-corrected chi connectivity index (χ4v) is 3.28. The van der Waals surface area contributed by atoms with Crippen molar-refractivity contribution in [2.45, 2.75) is 31.7 Å². The predicted molar refractivity (Wildman–Crippen MR) is 79.3 cm³/mol. The minimum atomic E-state index is -0.586. The van der Waals surface area contributed by atoms with Gasteiger partial charge in [-0.3, -0.25) is 0 Å². The van der Waals surface area contributed by atoms with E-state index in [1.807, 2.05) is 26.0 Å². The molecular weight excluding hydrogens is 284 g/mol. The van der Waals surface area contributed by atoms with Gasteiger partial charge in [0.2, 0.25) is 0 Å². The summed E-state index contributed by atoms with van der Waals surface area (Å²) in [5, 5.41) is 11.9. The average Bonchev–Trinajstić information content (AvgIpc) is 3.30. The van der Waals surface area contributed by atoms with Crippen LogP contribution in [0.15, 0.2) is 24.3 Å². The third-order valence-corrected chi connectivity index (χ3v) is 4.39. The van der Waals surface area contributed by atoms with Gasteiger partial charge in [-0.1, -0.05) is 24.3 Å². The second kappa shape index (κ2) is 4.14. The Kier molecular flexibility index (Phi) is 2.52. The van der Waals surface area contributed by atoms with Gasteiger partial charge >= 0.3 is 5.97 Å². The molecule has 2 heterocycles. The normalized spacial score (nSPS) is 24.1. The maximum Gasteiger partial charge on any atom is 0.342 e. The Morgan fingerprint density at radius 1 is 1.27 bits per heavy atom. The molecule has 4 rings (SSSR count). The topological polar surface area (TPSA) is 68.3 Å². The van der Waals surface area contributed by atoms with Crippen LogP contribution in [0.3, 0.4) is 0 Å². The zero-order chi connectivity index (χ0) is 15.6. The molecule has 2 atom stereocenters. The van der Waals surface area contributed by atoms with Crippen LogP contribution in [-0.2, 0) is 9.47 Å². The van der Waals surface area contributed by atoms with Crippen molar-refractivity contribution in [3.8, 4) is 11.5 Å². The molecule has 2 aromatic rings. The van der Waals surface area contributed by atoms with E-state index >= 15 is 0 Å². The van der Waals surface area contributed by atoms with Gasteiger partial charge < -0.3 is 19.3 Å². The van der Waals surface area contributed by atoms with E-state index in [0.717, 1.165) is 5.39 Å². The molecule has 1 fully saturated rings. The highest BCUT2D eigenvalue weighted by Gasteiger charge is 2.58. The Bertz CT molecular complexity index is 808. The largest absolute Gasteiger partial charge is 0.506 e. The molecule has 114 valence electrons. The maximum atomic E-state index is 12.2. The van der Waals surface area contributed by atoms with Crippen molar-refractivity contribution in [2.24, 2.45) is 0 Å². The standard InChI is InChI=1S/C17H16O5/c1-17(2)15-14(21-15)11-10(16(19)20-3)12(18)8-6-4-5-7-9(8)13(11)22-17/h4-7,14-15,18H,1-3H3. The molecular formula is C17H16O5. The number of hydrogen-bond acceptors (Lipinski definition) is 5. The van der Waals surface area contributed by atoms with Crippen LogP contribution in [0.1, 0.15) is 35.9 Å². The molecule has 1 saturated heterocycles. The molecule has 1 N–H and O–H groups in total. The van der Waals surface area contributed by atoms with Crippen molar-refractivity contribution in [3.05, 3.63) is 35.4 Å². The van der Waals surface area contributed by atoms with Gasteiger partial charge in [0.25, 0.3) is 0 Å². The summed E-state index contributed by atoms with van der Waals surface area (Å²) in [7, 11) is 1.29. The van der Waals surface area contributed by atoms with Crippen LogP contribution in [-0.4, -0.2) is 29.9 Å². The quantitative estimate of drug-likeness (QED) is 0.648. The van der Waals surface area contributed by atoms with Crippen LogP contribution in [0, 0.1) is 0 Å². The van der Waals surface area contributed by atoms with Gasteiger partial charge in [0, 0.05) is 16.3 Å². The lowest BCUT2D eigenvalue weighted by Gasteiger charge is -2.31. The van der Waals surface area contributed by atoms with E-state index in [0.29, 0.717) is 16.7 Å². The number of carbonyl (C=O) groups is 1. The smallest absolute Gasteiger partial charge is 0.342 e. The van der Waals surface area contributed by atoms with Crippen molar-refractivity contribution in [1.29, 1.82) is 0 Å². The minimum Gasteiger partial charge on any atom is -0.506 e. The summed E-state index contributed by atoms with van der Waals surface area (Å²) in [6, 6.07) is 7.30. The molecule has 2 aliphatic rings. The van der Waals surface area contributed by atoms with Gasteiger partial charge in [0.05, 0.1) is 7.11 Å². The monoisotopic (exact) mass is 300 g/mol. The molecule has 5 nitrogen and oxygen atoms in total. The zero-order valence-corrected chi connectivity index (χ0v) is 12.5. The predicted octanol–water partition coefficient (Wildman–Crippen LogP) is 2.94. The SMILES string of the molecule is COC(=O)c1c2c(c3ccccc3c1O)OC(C)(C)C1OC21. The Hall–Kier alpha value is -2.27. The number of hydrogen-bond donors (Lipinski definition) is 1. The fourth-order valence-electron chi connectivity index (χ4n) is 3.28. The van der Waals surface area contributed by atoms with Gasteiger partial charge in [-0.05, 0) is 13.8 Å². The minimum absolute atomic E-state index is 0.0845. The summed E-state index contributed by atoms with van der Waals surface area (Å²) in [6.07, 6.45) is -0.368. The van der Waals surface area contributed by atoms with E-state index in [1.54, 1.807) is 12.1 Å². The van der Waals surface area contributed by atoms with Gasteiger partial charge in [0.15, 0.2) is 0 Å². The van der Waals surface area contributed by atoms with Crippen molar-refractivity contribution in [2.75, 3.05) is 7.11 Å². The molecule has 0 amide bonds. The maximum absolute atomic E-state index is 12.2. The summed E-state index contributed by atoms with van der Waals surface area (Å²) in [4.78, 5) is 12.2. The second-order valence-corrected chi connectivity index (χ2v) is 6.19. The van der Waals surface area contributed by atoms with E-state index in [1.165, 1.54) is 7.11 Å². The lowest BCUT2D eigenvalue weighted by molar-refractivity contribution is 0.0585. The lowest BCUT2D eigenvalue weighted by Crippen LogP contribution is -2.38. The number of rotatable bonds is 1. The highest BCUT2D eigenvalue weighted by Crippen LogP contribution is 2.58. The highest BCUT2D eigenvalue weighted by atomic mass is 16.6. The lowest BCUT2D eigenvalue weighted by atomic mass is 9.88. The number of phenols is 1. The van der Waals surface area contributed by atoms with Gasteiger partial charge in [0.1, 0.15) is 34.9 Å². The number of aromatic hydroxyl groups is 1. The molecule has 0 saturated carbocycles. The first-order valence-electron chi connectivity index (χ1n) is 7.16. The van der Waals surface area contributed by atoms with Crippen LogP contribution >= 0.6 is 0 Å². The molecule has 22 heavy (non-hydrogen) atoms. The number of epoxide rings is 1. The van der Waals surface area contributed by atoms with Crippen molar-refractivity contribution >= 4 is 16.7 Å². The first-order chi connectivity index (χ1) is 10.5. The first-order valence-corrected chi connectivity index (χ1v) is 7.16. The van der Waals surface area contributed by atoms with E-state index in [9.17, 15) is 9.90 Å². The fraction of sp³-hybridized carbons (Fsp3) is 0.353. The van der Waals surface area contributed by atoms with Crippen LogP contribution in [0.5, 0.6) is 11.5 Å². The number of esters is 1. The number of carbonyl (C=O) groups excluding carboxylic acids is 1. The Morgan fingerprint density at radius 3 is 2.64 bits per heavy atom. The van der Waals surface area contributed by atoms with Crippen molar-refractivity contribution < 1.29 is 24.1 Å². The second-order valence-electron chi connectivity index (χ2n) is 6.19. The highest BCUT2D eigenvalue weighted by molar-refractivity contribution is 6.06. The number of fused-ring (bicyclic) bond motifs is 5. The molecule has 5 heteroatoms. The van der Waals surface area contributed by atoms with Crippen molar-refractivity contribution in [3.63, 3.8) is 0 Å².